The number of carbonyl (C=O) groups is 2. The van der Waals surface area contributed by atoms with E-state index in [0.29, 0.717) is 17.1 Å². The van der Waals surface area contributed by atoms with Gasteiger partial charge in [0.2, 0.25) is 11.8 Å². The minimum atomic E-state index is -0.177. The summed E-state index contributed by atoms with van der Waals surface area (Å²) in [5.41, 5.74) is 2.04. The van der Waals surface area contributed by atoms with Gasteiger partial charge in [-0.05, 0) is 34.5 Å². The Balaban J connectivity index is 1.76. The zero-order chi connectivity index (χ0) is 18.5. The number of nitrogens with one attached hydrogen (secondary N) is 2. The van der Waals surface area contributed by atoms with Crippen molar-refractivity contribution in [1.29, 1.82) is 0 Å². The molecule has 0 radical (unpaired) electrons. The van der Waals surface area contributed by atoms with Gasteiger partial charge in [-0.15, -0.1) is 0 Å². The highest BCUT2D eigenvalue weighted by Crippen LogP contribution is 2.28. The number of fused-ring (bicyclic) bond motifs is 1. The van der Waals surface area contributed by atoms with Gasteiger partial charge in [-0.25, -0.2) is 0 Å². The topological polar surface area (TPSA) is 67.4 Å². The molecule has 3 aromatic rings. The zero-order valence-electron chi connectivity index (χ0n) is 14.7. The first-order valence-electron chi connectivity index (χ1n) is 8.28. The summed E-state index contributed by atoms with van der Waals surface area (Å²) in [6.45, 7) is 1.43. The third-order valence-electron chi connectivity index (χ3n) is 3.97. The molecule has 0 saturated carbocycles. The Bertz CT molecular complexity index is 966. The van der Waals surface area contributed by atoms with E-state index in [2.05, 4.69) is 10.6 Å². The summed E-state index contributed by atoms with van der Waals surface area (Å²) < 4.78 is 5.29. The zero-order valence-corrected chi connectivity index (χ0v) is 14.7. The van der Waals surface area contributed by atoms with Gasteiger partial charge in [0.25, 0.3) is 0 Å². The van der Waals surface area contributed by atoms with E-state index in [9.17, 15) is 9.59 Å². The SMILES string of the molecule is COc1ccc(NC(C)=O)cc1NC(=O)Cc1ccc2ccccc2c1. The predicted molar refractivity (Wildman–Crippen MR) is 104 cm³/mol. The van der Waals surface area contributed by atoms with E-state index in [-0.39, 0.29) is 18.2 Å². The lowest BCUT2D eigenvalue weighted by molar-refractivity contribution is -0.116. The van der Waals surface area contributed by atoms with Crippen molar-refractivity contribution in [3.63, 3.8) is 0 Å². The summed E-state index contributed by atoms with van der Waals surface area (Å²) in [7, 11) is 1.53. The molecule has 0 unspecified atom stereocenters. The van der Waals surface area contributed by atoms with Gasteiger partial charge in [-0.2, -0.15) is 0 Å². The number of methoxy groups -OCH3 is 1. The molecule has 0 spiro atoms. The van der Waals surface area contributed by atoms with E-state index in [1.165, 1.54) is 14.0 Å². The smallest absolute Gasteiger partial charge is 0.228 e. The highest BCUT2D eigenvalue weighted by atomic mass is 16.5. The molecule has 0 fully saturated rings. The van der Waals surface area contributed by atoms with Crippen molar-refractivity contribution in [3.8, 4) is 5.75 Å². The van der Waals surface area contributed by atoms with Crippen LogP contribution in [0.2, 0.25) is 0 Å². The van der Waals surface area contributed by atoms with E-state index < -0.39 is 0 Å². The molecule has 0 aliphatic heterocycles. The van der Waals surface area contributed by atoms with Crippen LogP contribution in [-0.2, 0) is 16.0 Å². The van der Waals surface area contributed by atoms with Gasteiger partial charge in [0.15, 0.2) is 0 Å². The summed E-state index contributed by atoms with van der Waals surface area (Å²) in [6.07, 6.45) is 0.248. The predicted octanol–water partition coefficient (Wildman–Crippen LogP) is 3.99. The lowest BCUT2D eigenvalue weighted by atomic mass is 10.0. The van der Waals surface area contributed by atoms with Crippen LogP contribution in [0.25, 0.3) is 10.8 Å². The molecule has 5 heteroatoms. The van der Waals surface area contributed by atoms with Crippen LogP contribution in [0.4, 0.5) is 11.4 Å². The first-order valence-corrected chi connectivity index (χ1v) is 8.28. The molecule has 0 aromatic heterocycles. The Morgan fingerprint density at radius 2 is 1.69 bits per heavy atom. The summed E-state index contributed by atoms with van der Waals surface area (Å²) in [4.78, 5) is 23.7. The minimum absolute atomic E-state index is 0.154. The number of hydrogen-bond donors (Lipinski definition) is 2. The van der Waals surface area contributed by atoms with E-state index in [0.717, 1.165) is 16.3 Å². The molecule has 0 aliphatic carbocycles. The Hall–Kier alpha value is -3.34. The molecule has 26 heavy (non-hydrogen) atoms. The van der Waals surface area contributed by atoms with Crippen LogP contribution in [0.3, 0.4) is 0 Å². The van der Waals surface area contributed by atoms with Crippen molar-refractivity contribution in [1.82, 2.24) is 0 Å². The molecule has 132 valence electrons. The maximum Gasteiger partial charge on any atom is 0.228 e. The minimum Gasteiger partial charge on any atom is -0.495 e. The average molecular weight is 348 g/mol. The standard InChI is InChI=1S/C21H20N2O3/c1-14(24)22-18-9-10-20(26-2)19(13-18)23-21(25)12-15-7-8-16-5-3-4-6-17(16)11-15/h3-11,13H,12H2,1-2H3,(H,22,24)(H,23,25). The molecule has 0 saturated heterocycles. The van der Waals surface area contributed by atoms with Gasteiger partial charge in [-0.3, -0.25) is 9.59 Å². The van der Waals surface area contributed by atoms with Gasteiger partial charge < -0.3 is 15.4 Å². The number of hydrogen-bond acceptors (Lipinski definition) is 3. The van der Waals surface area contributed by atoms with Crippen LogP contribution in [0.1, 0.15) is 12.5 Å². The van der Waals surface area contributed by atoms with Crippen LogP contribution in [0.15, 0.2) is 60.7 Å². The normalized spacial score (nSPS) is 10.4. The van der Waals surface area contributed by atoms with Crippen molar-refractivity contribution in [2.45, 2.75) is 13.3 Å². The second-order valence-corrected chi connectivity index (χ2v) is 6.00. The number of rotatable bonds is 5. The summed E-state index contributed by atoms with van der Waals surface area (Å²) in [5, 5.41) is 7.79. The molecular weight excluding hydrogens is 328 g/mol. The fraction of sp³-hybridized carbons (Fsp3) is 0.143. The molecule has 0 bridgehead atoms. The molecule has 3 aromatic carbocycles. The maximum atomic E-state index is 12.5. The fourth-order valence-corrected chi connectivity index (χ4v) is 2.82. The van der Waals surface area contributed by atoms with Crippen molar-refractivity contribution in [2.24, 2.45) is 0 Å². The van der Waals surface area contributed by atoms with E-state index in [1.54, 1.807) is 18.2 Å². The molecule has 0 aliphatic rings. The van der Waals surface area contributed by atoms with Gasteiger partial charge in [0, 0.05) is 12.6 Å². The van der Waals surface area contributed by atoms with Crippen LogP contribution in [0, 0.1) is 0 Å². The van der Waals surface area contributed by atoms with E-state index >= 15 is 0 Å². The number of carbonyl (C=O) groups excluding carboxylic acids is 2. The van der Waals surface area contributed by atoms with Gasteiger partial charge >= 0.3 is 0 Å². The van der Waals surface area contributed by atoms with Crippen LogP contribution < -0.4 is 15.4 Å². The van der Waals surface area contributed by atoms with Crippen molar-refractivity contribution in [2.75, 3.05) is 17.7 Å². The number of amides is 2. The van der Waals surface area contributed by atoms with Crippen molar-refractivity contribution in [3.05, 3.63) is 66.2 Å². The molecule has 5 nitrogen and oxygen atoms in total. The molecule has 0 atom stereocenters. The molecule has 3 rings (SSSR count). The number of benzene rings is 3. The van der Waals surface area contributed by atoms with Gasteiger partial charge in [0.05, 0.1) is 19.2 Å². The summed E-state index contributed by atoms with van der Waals surface area (Å²) >= 11 is 0. The molecular formula is C21H20N2O3. The largest absolute Gasteiger partial charge is 0.495 e. The molecule has 0 heterocycles. The Morgan fingerprint density at radius 3 is 2.42 bits per heavy atom. The quantitative estimate of drug-likeness (QED) is 0.733. The second-order valence-electron chi connectivity index (χ2n) is 6.00. The third kappa shape index (κ3) is 4.19. The molecule has 2 N–H and O–H groups in total. The van der Waals surface area contributed by atoms with Crippen LogP contribution >= 0.6 is 0 Å². The van der Waals surface area contributed by atoms with Crippen molar-refractivity contribution >= 4 is 34.0 Å². The Labute approximate surface area is 152 Å². The second kappa shape index (κ2) is 7.70. The molecule has 2 amide bonds. The first kappa shape index (κ1) is 17.5. The number of ether oxygens (including phenoxy) is 1. The van der Waals surface area contributed by atoms with Crippen molar-refractivity contribution < 1.29 is 14.3 Å². The Morgan fingerprint density at radius 1 is 0.923 bits per heavy atom. The Kier molecular flexibility index (Phi) is 5.17. The lowest BCUT2D eigenvalue weighted by Gasteiger charge is -2.12. The van der Waals surface area contributed by atoms with Gasteiger partial charge in [-0.1, -0.05) is 42.5 Å². The van der Waals surface area contributed by atoms with E-state index in [1.807, 2.05) is 42.5 Å². The summed E-state index contributed by atoms with van der Waals surface area (Å²) in [6, 6.07) is 19.1. The monoisotopic (exact) mass is 348 g/mol. The number of anilines is 2. The maximum absolute atomic E-state index is 12.5. The van der Waals surface area contributed by atoms with Crippen LogP contribution in [0.5, 0.6) is 5.75 Å². The third-order valence-corrected chi connectivity index (χ3v) is 3.97. The highest BCUT2D eigenvalue weighted by molar-refractivity contribution is 5.96. The average Bonchev–Trinajstić information content (AvgIpc) is 2.61. The van der Waals surface area contributed by atoms with E-state index in [4.69, 9.17) is 4.74 Å². The summed E-state index contributed by atoms with van der Waals surface area (Å²) in [5.74, 6) is 0.202. The lowest BCUT2D eigenvalue weighted by Crippen LogP contribution is -2.15. The highest BCUT2D eigenvalue weighted by Gasteiger charge is 2.10. The first-order chi connectivity index (χ1) is 12.5. The van der Waals surface area contributed by atoms with Crippen LogP contribution in [-0.4, -0.2) is 18.9 Å². The fourth-order valence-electron chi connectivity index (χ4n) is 2.82. The van der Waals surface area contributed by atoms with Gasteiger partial charge in [0.1, 0.15) is 5.75 Å².